The first-order valence-electron chi connectivity index (χ1n) is 4.05. The summed E-state index contributed by atoms with van der Waals surface area (Å²) in [6, 6.07) is 4.20. The second kappa shape index (κ2) is 3.94. The van der Waals surface area contributed by atoms with Gasteiger partial charge >= 0.3 is 0 Å². The van der Waals surface area contributed by atoms with Gasteiger partial charge in [-0.2, -0.15) is 5.10 Å². The highest BCUT2D eigenvalue weighted by Crippen LogP contribution is 2.11. The van der Waals surface area contributed by atoms with Gasteiger partial charge < -0.3 is 0 Å². The van der Waals surface area contributed by atoms with Crippen LogP contribution in [0.25, 0.3) is 0 Å². The smallest absolute Gasteiger partial charge is 0.0785 e. The van der Waals surface area contributed by atoms with E-state index in [4.69, 9.17) is 11.6 Å². The zero-order valence-electron chi connectivity index (χ0n) is 6.98. The molecule has 0 bridgehead atoms. The molecule has 2 nitrogen and oxygen atoms in total. The fourth-order valence-corrected chi connectivity index (χ4v) is 1.99. The molecule has 0 unspecified atom stereocenters. The van der Waals surface area contributed by atoms with Gasteiger partial charge in [0.1, 0.15) is 0 Å². The number of thiophene rings is 1. The van der Waals surface area contributed by atoms with E-state index in [9.17, 15) is 0 Å². The van der Waals surface area contributed by atoms with Gasteiger partial charge in [-0.1, -0.05) is 17.7 Å². The third-order valence-corrected chi connectivity index (χ3v) is 2.90. The molecule has 0 aliphatic rings. The van der Waals surface area contributed by atoms with Crippen LogP contribution in [0.3, 0.4) is 0 Å². The minimum Gasteiger partial charge on any atom is -0.271 e. The van der Waals surface area contributed by atoms with Crippen molar-refractivity contribution in [3.05, 3.63) is 39.8 Å². The number of rotatable bonds is 3. The van der Waals surface area contributed by atoms with Crippen LogP contribution in [0.2, 0.25) is 5.02 Å². The van der Waals surface area contributed by atoms with Crippen LogP contribution in [0, 0.1) is 0 Å². The SMILES string of the molecule is Clc1cnn(CCc2cccs2)c1. The molecule has 0 N–H and O–H groups in total. The summed E-state index contributed by atoms with van der Waals surface area (Å²) >= 11 is 7.52. The number of hydrogen-bond acceptors (Lipinski definition) is 2. The molecule has 2 heterocycles. The molecule has 2 aromatic heterocycles. The van der Waals surface area contributed by atoms with Gasteiger partial charge in [-0.05, 0) is 11.4 Å². The van der Waals surface area contributed by atoms with Crippen LogP contribution in [-0.4, -0.2) is 9.78 Å². The van der Waals surface area contributed by atoms with Crippen molar-refractivity contribution < 1.29 is 0 Å². The van der Waals surface area contributed by atoms with Crippen LogP contribution < -0.4 is 0 Å². The summed E-state index contributed by atoms with van der Waals surface area (Å²) in [5, 5.41) is 6.89. The fourth-order valence-electron chi connectivity index (χ4n) is 1.14. The van der Waals surface area contributed by atoms with Gasteiger partial charge in [0.05, 0.1) is 11.2 Å². The van der Waals surface area contributed by atoms with Crippen LogP contribution in [-0.2, 0) is 13.0 Å². The van der Waals surface area contributed by atoms with Crippen molar-refractivity contribution in [1.82, 2.24) is 9.78 Å². The molecule has 68 valence electrons. The molecular weight excluding hydrogens is 204 g/mol. The van der Waals surface area contributed by atoms with Gasteiger partial charge in [-0.25, -0.2) is 0 Å². The van der Waals surface area contributed by atoms with E-state index < -0.39 is 0 Å². The van der Waals surface area contributed by atoms with E-state index in [1.165, 1.54) is 4.88 Å². The average molecular weight is 213 g/mol. The molecule has 0 fully saturated rings. The predicted molar refractivity (Wildman–Crippen MR) is 55.3 cm³/mol. The lowest BCUT2D eigenvalue weighted by molar-refractivity contribution is 0.618. The Balaban J connectivity index is 1.93. The molecule has 0 aliphatic carbocycles. The lowest BCUT2D eigenvalue weighted by atomic mass is 10.3. The molecule has 0 aliphatic heterocycles. The third-order valence-electron chi connectivity index (χ3n) is 1.77. The minimum absolute atomic E-state index is 0.700. The average Bonchev–Trinajstić information content (AvgIpc) is 2.71. The highest BCUT2D eigenvalue weighted by atomic mass is 35.5. The Hall–Kier alpha value is -0.800. The van der Waals surface area contributed by atoms with Gasteiger partial charge in [0.15, 0.2) is 0 Å². The minimum atomic E-state index is 0.700. The van der Waals surface area contributed by atoms with E-state index in [0.29, 0.717) is 5.02 Å². The molecule has 0 atom stereocenters. The Bertz CT molecular complexity index is 367. The van der Waals surface area contributed by atoms with Crippen molar-refractivity contribution in [2.45, 2.75) is 13.0 Å². The van der Waals surface area contributed by atoms with E-state index >= 15 is 0 Å². The first kappa shape index (κ1) is 8.78. The van der Waals surface area contributed by atoms with Gasteiger partial charge in [0.2, 0.25) is 0 Å². The van der Waals surface area contributed by atoms with Gasteiger partial charge in [0.25, 0.3) is 0 Å². The maximum Gasteiger partial charge on any atom is 0.0785 e. The number of aromatic nitrogens is 2. The Morgan fingerprint density at radius 1 is 1.54 bits per heavy atom. The largest absolute Gasteiger partial charge is 0.271 e. The first-order chi connectivity index (χ1) is 6.34. The summed E-state index contributed by atoms with van der Waals surface area (Å²) < 4.78 is 1.86. The van der Waals surface area contributed by atoms with E-state index in [1.54, 1.807) is 17.5 Å². The first-order valence-corrected chi connectivity index (χ1v) is 5.31. The van der Waals surface area contributed by atoms with Crippen LogP contribution in [0.1, 0.15) is 4.88 Å². The van der Waals surface area contributed by atoms with Crippen molar-refractivity contribution in [3.8, 4) is 0 Å². The van der Waals surface area contributed by atoms with Crippen LogP contribution >= 0.6 is 22.9 Å². The zero-order chi connectivity index (χ0) is 9.10. The Morgan fingerprint density at radius 3 is 3.08 bits per heavy atom. The van der Waals surface area contributed by atoms with E-state index in [0.717, 1.165) is 13.0 Å². The summed E-state index contributed by atoms with van der Waals surface area (Å²) in [4.78, 5) is 1.38. The normalized spacial score (nSPS) is 10.5. The molecule has 13 heavy (non-hydrogen) atoms. The van der Waals surface area contributed by atoms with Gasteiger partial charge in [-0.15, -0.1) is 11.3 Å². The lowest BCUT2D eigenvalue weighted by Crippen LogP contribution is -1.99. The standard InChI is InChI=1S/C9H9ClN2S/c10-8-6-11-12(7-8)4-3-9-2-1-5-13-9/h1-2,5-7H,3-4H2. The van der Waals surface area contributed by atoms with Crippen molar-refractivity contribution >= 4 is 22.9 Å². The maximum atomic E-state index is 5.74. The Kier molecular flexibility index (Phi) is 2.66. The number of aryl methyl sites for hydroxylation is 2. The second-order valence-electron chi connectivity index (χ2n) is 2.75. The Labute approximate surface area is 85.8 Å². The summed E-state index contributed by atoms with van der Waals surface area (Å²) in [6.07, 6.45) is 4.53. The van der Waals surface area contributed by atoms with Crippen molar-refractivity contribution in [3.63, 3.8) is 0 Å². The van der Waals surface area contributed by atoms with Crippen molar-refractivity contribution in [1.29, 1.82) is 0 Å². The van der Waals surface area contributed by atoms with Gasteiger partial charge in [0, 0.05) is 24.0 Å². The van der Waals surface area contributed by atoms with Crippen LogP contribution in [0.4, 0.5) is 0 Å². The topological polar surface area (TPSA) is 17.8 Å². The molecule has 0 amide bonds. The lowest BCUT2D eigenvalue weighted by Gasteiger charge is -1.97. The summed E-state index contributed by atoms with van der Waals surface area (Å²) in [6.45, 7) is 0.896. The third kappa shape index (κ3) is 2.32. The van der Waals surface area contributed by atoms with E-state index in [-0.39, 0.29) is 0 Å². The van der Waals surface area contributed by atoms with E-state index in [2.05, 4.69) is 22.6 Å². The summed E-state index contributed by atoms with van der Waals surface area (Å²) in [7, 11) is 0. The number of nitrogens with zero attached hydrogens (tertiary/aromatic N) is 2. The highest BCUT2D eigenvalue weighted by molar-refractivity contribution is 7.09. The molecule has 2 rings (SSSR count). The van der Waals surface area contributed by atoms with Crippen LogP contribution in [0.15, 0.2) is 29.9 Å². The molecule has 0 saturated carbocycles. The highest BCUT2D eigenvalue weighted by Gasteiger charge is 1.97. The monoisotopic (exact) mass is 212 g/mol. The zero-order valence-corrected chi connectivity index (χ0v) is 8.55. The second-order valence-corrected chi connectivity index (χ2v) is 4.22. The quantitative estimate of drug-likeness (QED) is 0.765. The molecule has 0 saturated heterocycles. The summed E-state index contributed by atoms with van der Waals surface area (Å²) in [5.41, 5.74) is 0. The molecule has 0 spiro atoms. The summed E-state index contributed by atoms with van der Waals surface area (Å²) in [5.74, 6) is 0. The fraction of sp³-hybridized carbons (Fsp3) is 0.222. The molecular formula is C9H9ClN2S. The Morgan fingerprint density at radius 2 is 2.46 bits per heavy atom. The van der Waals surface area contributed by atoms with E-state index in [1.807, 2.05) is 10.9 Å². The molecule has 0 radical (unpaired) electrons. The van der Waals surface area contributed by atoms with Crippen LogP contribution in [0.5, 0.6) is 0 Å². The molecule has 0 aromatic carbocycles. The van der Waals surface area contributed by atoms with Crippen molar-refractivity contribution in [2.75, 3.05) is 0 Å². The molecule has 2 aromatic rings. The van der Waals surface area contributed by atoms with Gasteiger partial charge in [-0.3, -0.25) is 4.68 Å². The number of halogens is 1. The number of hydrogen-bond donors (Lipinski definition) is 0. The predicted octanol–water partition coefficient (Wildman–Crippen LogP) is 2.84. The molecule has 4 heteroatoms. The maximum absolute atomic E-state index is 5.74. The van der Waals surface area contributed by atoms with Crippen molar-refractivity contribution in [2.24, 2.45) is 0 Å².